The molecule has 172 valence electrons. The molecule has 6 nitrogen and oxygen atoms in total. The minimum atomic E-state index is -4.72. The average Bonchev–Trinajstić information content (AvgIpc) is 2.99. The van der Waals surface area contributed by atoms with E-state index in [4.69, 9.17) is 12.2 Å². The van der Waals surface area contributed by atoms with Crippen molar-refractivity contribution in [2.45, 2.75) is 19.3 Å². The zero-order valence-electron chi connectivity index (χ0n) is 17.4. The first-order valence-electron chi connectivity index (χ1n) is 10.2. The summed E-state index contributed by atoms with van der Waals surface area (Å²) in [6.07, 6.45) is -3.88. The van der Waals surface area contributed by atoms with Gasteiger partial charge in [0.05, 0.1) is 6.54 Å². The minimum Gasteiger partial charge on any atom is -0.406 e. The van der Waals surface area contributed by atoms with E-state index in [9.17, 15) is 18.0 Å². The Morgan fingerprint density at radius 2 is 1.72 bits per heavy atom. The van der Waals surface area contributed by atoms with Gasteiger partial charge in [0.25, 0.3) is 0 Å². The Morgan fingerprint density at radius 1 is 1.00 bits per heavy atom. The maximum atomic E-state index is 12.3. The van der Waals surface area contributed by atoms with Crippen molar-refractivity contribution in [1.29, 1.82) is 0 Å². The number of anilines is 1. The zero-order chi connectivity index (χ0) is 23.0. The van der Waals surface area contributed by atoms with Gasteiger partial charge in [0, 0.05) is 38.4 Å². The molecule has 2 aromatic rings. The molecule has 0 atom stereocenters. The summed E-state index contributed by atoms with van der Waals surface area (Å²) in [5.41, 5.74) is 1.63. The summed E-state index contributed by atoms with van der Waals surface area (Å²) in [5.74, 6) is -0.311. The van der Waals surface area contributed by atoms with Gasteiger partial charge in [-0.15, -0.1) is 13.2 Å². The molecular formula is C22H25F3N4O2S. The SMILES string of the molecule is O=C(CN1CCCN(C(=S)Nc2ccc(OC(F)(F)F)cc2)CC1)NCc1ccccc1. The molecule has 0 aromatic heterocycles. The lowest BCUT2D eigenvalue weighted by Crippen LogP contribution is -2.40. The van der Waals surface area contributed by atoms with E-state index in [1.165, 1.54) is 24.3 Å². The van der Waals surface area contributed by atoms with Crippen LogP contribution in [0.1, 0.15) is 12.0 Å². The lowest BCUT2D eigenvalue weighted by atomic mass is 10.2. The fraction of sp³-hybridized carbons (Fsp3) is 0.364. The Balaban J connectivity index is 1.43. The molecule has 1 saturated heterocycles. The first-order chi connectivity index (χ1) is 15.3. The minimum absolute atomic E-state index is 0.0239. The number of rotatable bonds is 6. The second kappa shape index (κ2) is 11.1. The smallest absolute Gasteiger partial charge is 0.406 e. The van der Waals surface area contributed by atoms with Crippen molar-refractivity contribution in [2.24, 2.45) is 0 Å². The van der Waals surface area contributed by atoms with Crippen LogP contribution in [-0.4, -0.2) is 59.9 Å². The van der Waals surface area contributed by atoms with Crippen LogP contribution in [0.15, 0.2) is 54.6 Å². The van der Waals surface area contributed by atoms with Crippen LogP contribution in [0.2, 0.25) is 0 Å². The summed E-state index contributed by atoms with van der Waals surface area (Å²) in [4.78, 5) is 16.4. The molecule has 1 aliphatic rings. The highest BCUT2D eigenvalue weighted by Gasteiger charge is 2.31. The summed E-state index contributed by atoms with van der Waals surface area (Å²) in [5, 5.41) is 6.48. The highest BCUT2D eigenvalue weighted by atomic mass is 32.1. The molecule has 0 spiro atoms. The average molecular weight is 467 g/mol. The lowest BCUT2D eigenvalue weighted by Gasteiger charge is -2.24. The van der Waals surface area contributed by atoms with E-state index >= 15 is 0 Å². The number of carbonyl (C=O) groups is 1. The predicted octanol–water partition coefficient (Wildman–Crippen LogP) is 3.61. The van der Waals surface area contributed by atoms with Crippen molar-refractivity contribution in [2.75, 3.05) is 38.0 Å². The Bertz CT molecular complexity index is 894. The normalized spacial score (nSPS) is 15.0. The van der Waals surface area contributed by atoms with Crippen LogP contribution in [-0.2, 0) is 11.3 Å². The monoisotopic (exact) mass is 466 g/mol. The Kier molecular flexibility index (Phi) is 8.29. The highest BCUT2D eigenvalue weighted by Crippen LogP contribution is 2.24. The summed E-state index contributed by atoms with van der Waals surface area (Å²) in [6.45, 7) is 3.65. The van der Waals surface area contributed by atoms with Crippen molar-refractivity contribution in [3.05, 3.63) is 60.2 Å². The molecule has 0 aliphatic carbocycles. The Labute approximate surface area is 190 Å². The molecular weight excluding hydrogens is 441 g/mol. The third-order valence-corrected chi connectivity index (χ3v) is 5.27. The molecule has 10 heteroatoms. The Morgan fingerprint density at radius 3 is 2.41 bits per heavy atom. The van der Waals surface area contributed by atoms with Crippen LogP contribution in [0.3, 0.4) is 0 Å². The number of halogens is 3. The number of alkyl halides is 3. The quantitative estimate of drug-likeness (QED) is 0.635. The van der Waals surface area contributed by atoms with E-state index < -0.39 is 6.36 Å². The number of hydrogen-bond acceptors (Lipinski definition) is 4. The first-order valence-corrected chi connectivity index (χ1v) is 10.6. The number of amides is 1. The molecule has 2 N–H and O–H groups in total. The van der Waals surface area contributed by atoms with Gasteiger partial charge in [0.15, 0.2) is 5.11 Å². The van der Waals surface area contributed by atoms with Crippen LogP contribution in [0.5, 0.6) is 5.75 Å². The van der Waals surface area contributed by atoms with E-state index in [1.807, 2.05) is 35.2 Å². The molecule has 1 aliphatic heterocycles. The maximum Gasteiger partial charge on any atom is 0.573 e. The second-order valence-corrected chi connectivity index (χ2v) is 7.77. The van der Waals surface area contributed by atoms with Gasteiger partial charge in [-0.05, 0) is 48.5 Å². The number of thiocarbonyl (C=S) groups is 1. The van der Waals surface area contributed by atoms with Gasteiger partial charge >= 0.3 is 6.36 Å². The van der Waals surface area contributed by atoms with E-state index in [0.717, 1.165) is 25.1 Å². The zero-order valence-corrected chi connectivity index (χ0v) is 18.2. The molecule has 1 heterocycles. The standard InChI is InChI=1S/C22H25F3N4O2S/c23-22(24,25)31-19-9-7-18(8-10-19)27-21(32)29-12-4-11-28(13-14-29)16-20(30)26-15-17-5-2-1-3-6-17/h1-3,5-10H,4,11-16H2,(H,26,30)(H,27,32). The number of ether oxygens (including phenoxy) is 1. The van der Waals surface area contributed by atoms with E-state index in [-0.39, 0.29) is 11.7 Å². The van der Waals surface area contributed by atoms with Gasteiger partial charge in [-0.1, -0.05) is 30.3 Å². The molecule has 3 rings (SSSR count). The fourth-order valence-electron chi connectivity index (χ4n) is 3.33. The van der Waals surface area contributed by atoms with Gasteiger partial charge < -0.3 is 20.3 Å². The molecule has 0 radical (unpaired) electrons. The lowest BCUT2D eigenvalue weighted by molar-refractivity contribution is -0.274. The number of nitrogens with zero attached hydrogens (tertiary/aromatic N) is 2. The van der Waals surface area contributed by atoms with Gasteiger partial charge in [0.2, 0.25) is 5.91 Å². The summed E-state index contributed by atoms with van der Waals surface area (Å²) in [7, 11) is 0. The first kappa shape index (κ1) is 23.8. The van der Waals surface area contributed by atoms with Crippen molar-refractivity contribution in [1.82, 2.24) is 15.1 Å². The molecule has 32 heavy (non-hydrogen) atoms. The molecule has 1 amide bonds. The largest absolute Gasteiger partial charge is 0.573 e. The van der Waals surface area contributed by atoms with Crippen molar-refractivity contribution in [3.8, 4) is 5.75 Å². The van der Waals surface area contributed by atoms with Crippen molar-refractivity contribution in [3.63, 3.8) is 0 Å². The van der Waals surface area contributed by atoms with E-state index in [1.54, 1.807) is 0 Å². The van der Waals surface area contributed by atoms with E-state index in [2.05, 4.69) is 20.3 Å². The van der Waals surface area contributed by atoms with Crippen LogP contribution in [0.4, 0.5) is 18.9 Å². The molecule has 1 fully saturated rings. The number of nitrogens with one attached hydrogen (secondary N) is 2. The van der Waals surface area contributed by atoms with Crippen molar-refractivity contribution >= 4 is 28.9 Å². The maximum absolute atomic E-state index is 12.3. The number of benzene rings is 2. The predicted molar refractivity (Wildman–Crippen MR) is 120 cm³/mol. The van der Waals surface area contributed by atoms with Gasteiger partial charge in [-0.2, -0.15) is 0 Å². The molecule has 0 bridgehead atoms. The third-order valence-electron chi connectivity index (χ3n) is 4.91. The van der Waals surface area contributed by atoms with Crippen molar-refractivity contribution < 1.29 is 22.7 Å². The fourth-order valence-corrected chi connectivity index (χ4v) is 3.63. The summed E-state index contributed by atoms with van der Waals surface area (Å²) >= 11 is 5.46. The van der Waals surface area contributed by atoms with Crippen LogP contribution >= 0.6 is 12.2 Å². The highest BCUT2D eigenvalue weighted by molar-refractivity contribution is 7.80. The van der Waals surface area contributed by atoms with Gasteiger partial charge in [0.1, 0.15) is 5.75 Å². The third kappa shape index (κ3) is 8.01. The van der Waals surface area contributed by atoms with Crippen LogP contribution in [0.25, 0.3) is 0 Å². The number of hydrogen-bond donors (Lipinski definition) is 2. The van der Waals surface area contributed by atoms with Crippen LogP contribution in [0, 0.1) is 0 Å². The summed E-state index contributed by atoms with van der Waals surface area (Å²) < 4.78 is 40.7. The second-order valence-electron chi connectivity index (χ2n) is 7.38. The topological polar surface area (TPSA) is 56.8 Å². The molecule has 0 unspecified atom stereocenters. The Hall–Kier alpha value is -2.85. The van der Waals surface area contributed by atoms with Gasteiger partial charge in [-0.3, -0.25) is 9.69 Å². The van der Waals surface area contributed by atoms with E-state index in [0.29, 0.717) is 37.0 Å². The molecule has 2 aromatic carbocycles. The van der Waals surface area contributed by atoms with Crippen LogP contribution < -0.4 is 15.4 Å². The molecule has 0 saturated carbocycles. The van der Waals surface area contributed by atoms with Gasteiger partial charge in [-0.25, -0.2) is 0 Å². The number of carbonyl (C=O) groups excluding carboxylic acids is 1. The summed E-state index contributed by atoms with van der Waals surface area (Å²) in [6, 6.07) is 15.2.